The maximum atomic E-state index is 10.9. The number of aromatic hydroxyl groups is 1. The average Bonchev–Trinajstić information content (AvgIpc) is 2.91. The number of para-hydroxylation sites is 2. The van der Waals surface area contributed by atoms with Gasteiger partial charge in [-0.1, -0.05) is 36.4 Å². The molecule has 9 heteroatoms. The standard InChI is InChI=1S/C26H24N4O5/c1-32-22-13-7-11-18(25(22)34-3)27-29-20-15-21(24(31)17-10-6-5-9-16(17)20)30-28-19-12-8-14-23(33-2)26(19)35-4/h5-15,31H,1-4H3. The van der Waals surface area contributed by atoms with Crippen LogP contribution in [0.1, 0.15) is 0 Å². The van der Waals surface area contributed by atoms with Crippen LogP contribution in [0.15, 0.2) is 87.2 Å². The molecule has 0 aliphatic carbocycles. The third-order valence-electron chi connectivity index (χ3n) is 5.27. The summed E-state index contributed by atoms with van der Waals surface area (Å²) in [5, 5.41) is 29.5. The summed E-state index contributed by atoms with van der Waals surface area (Å²) >= 11 is 0. The maximum Gasteiger partial charge on any atom is 0.188 e. The Balaban J connectivity index is 1.81. The molecule has 0 aliphatic rings. The summed E-state index contributed by atoms with van der Waals surface area (Å²) in [6.45, 7) is 0. The fraction of sp³-hybridized carbons (Fsp3) is 0.154. The van der Waals surface area contributed by atoms with Crippen molar-refractivity contribution < 1.29 is 24.1 Å². The van der Waals surface area contributed by atoms with E-state index in [1.807, 2.05) is 18.2 Å². The van der Waals surface area contributed by atoms with E-state index in [1.165, 1.54) is 14.2 Å². The highest BCUT2D eigenvalue weighted by Crippen LogP contribution is 2.44. The van der Waals surface area contributed by atoms with Gasteiger partial charge in [0.25, 0.3) is 0 Å². The van der Waals surface area contributed by atoms with Crippen LogP contribution in [0.4, 0.5) is 22.7 Å². The molecular formula is C26H24N4O5. The van der Waals surface area contributed by atoms with E-state index in [2.05, 4.69) is 20.5 Å². The molecule has 9 nitrogen and oxygen atoms in total. The van der Waals surface area contributed by atoms with Crippen LogP contribution >= 0.6 is 0 Å². The summed E-state index contributed by atoms with van der Waals surface area (Å²) in [6.07, 6.45) is 0. The summed E-state index contributed by atoms with van der Waals surface area (Å²) in [6, 6.07) is 19.5. The van der Waals surface area contributed by atoms with Gasteiger partial charge in [-0.2, -0.15) is 0 Å². The Bertz CT molecular complexity index is 1420. The van der Waals surface area contributed by atoms with Crippen LogP contribution in [0.3, 0.4) is 0 Å². The number of phenols is 1. The first-order valence-electron chi connectivity index (χ1n) is 10.6. The zero-order valence-corrected chi connectivity index (χ0v) is 19.7. The number of hydrogen-bond donors (Lipinski definition) is 1. The number of hydrogen-bond acceptors (Lipinski definition) is 9. The van der Waals surface area contributed by atoms with Crippen LogP contribution in [0, 0.1) is 0 Å². The summed E-state index contributed by atoms with van der Waals surface area (Å²) in [7, 11) is 6.16. The van der Waals surface area contributed by atoms with Gasteiger partial charge in [0.2, 0.25) is 0 Å². The predicted octanol–water partition coefficient (Wildman–Crippen LogP) is 7.41. The van der Waals surface area contributed by atoms with Gasteiger partial charge in [-0.15, -0.1) is 20.5 Å². The monoisotopic (exact) mass is 472 g/mol. The van der Waals surface area contributed by atoms with Gasteiger partial charge in [-0.05, 0) is 30.3 Å². The second-order valence-corrected chi connectivity index (χ2v) is 7.23. The number of nitrogens with zero attached hydrogens (tertiary/aromatic N) is 4. The molecular weight excluding hydrogens is 448 g/mol. The Labute approximate surface area is 202 Å². The van der Waals surface area contributed by atoms with Crippen molar-refractivity contribution in [3.8, 4) is 28.7 Å². The Morgan fingerprint density at radius 3 is 1.51 bits per heavy atom. The zero-order valence-electron chi connectivity index (χ0n) is 19.7. The molecule has 0 saturated heterocycles. The highest BCUT2D eigenvalue weighted by molar-refractivity contribution is 6.00. The van der Waals surface area contributed by atoms with E-state index in [0.29, 0.717) is 50.8 Å². The van der Waals surface area contributed by atoms with Crippen molar-refractivity contribution in [2.45, 2.75) is 0 Å². The molecule has 0 amide bonds. The molecule has 4 rings (SSSR count). The van der Waals surface area contributed by atoms with Gasteiger partial charge in [0.05, 0.1) is 34.1 Å². The molecule has 0 saturated carbocycles. The second-order valence-electron chi connectivity index (χ2n) is 7.23. The van der Waals surface area contributed by atoms with Crippen molar-refractivity contribution in [2.75, 3.05) is 28.4 Å². The molecule has 4 aromatic rings. The fourth-order valence-corrected chi connectivity index (χ4v) is 3.60. The van der Waals surface area contributed by atoms with Crippen LogP contribution in [-0.4, -0.2) is 33.5 Å². The van der Waals surface area contributed by atoms with Gasteiger partial charge in [0.15, 0.2) is 28.7 Å². The number of phenolic OH excluding ortho intramolecular Hbond substituents is 1. The molecule has 1 N–H and O–H groups in total. The second kappa shape index (κ2) is 10.5. The van der Waals surface area contributed by atoms with E-state index in [-0.39, 0.29) is 11.4 Å². The normalized spacial score (nSPS) is 11.3. The maximum absolute atomic E-state index is 10.9. The number of ether oxygens (including phenoxy) is 4. The van der Waals surface area contributed by atoms with Gasteiger partial charge < -0.3 is 24.1 Å². The van der Waals surface area contributed by atoms with E-state index in [9.17, 15) is 5.11 Å². The predicted molar refractivity (Wildman–Crippen MR) is 133 cm³/mol. The molecule has 178 valence electrons. The summed E-state index contributed by atoms with van der Waals surface area (Å²) in [4.78, 5) is 0. The first kappa shape index (κ1) is 23.5. The number of benzene rings is 4. The first-order valence-corrected chi connectivity index (χ1v) is 10.6. The minimum atomic E-state index is -0.0240. The molecule has 0 radical (unpaired) electrons. The fourth-order valence-electron chi connectivity index (χ4n) is 3.60. The van der Waals surface area contributed by atoms with Crippen LogP contribution in [-0.2, 0) is 0 Å². The van der Waals surface area contributed by atoms with Crippen molar-refractivity contribution in [1.29, 1.82) is 0 Å². The van der Waals surface area contributed by atoms with Crippen molar-refractivity contribution in [1.82, 2.24) is 0 Å². The first-order chi connectivity index (χ1) is 17.1. The molecule has 0 unspecified atom stereocenters. The molecule has 0 bridgehead atoms. The van der Waals surface area contributed by atoms with Gasteiger partial charge in [-0.3, -0.25) is 0 Å². The Morgan fingerprint density at radius 2 is 1.00 bits per heavy atom. The lowest BCUT2D eigenvalue weighted by Crippen LogP contribution is -1.90. The van der Waals surface area contributed by atoms with Crippen LogP contribution < -0.4 is 18.9 Å². The van der Waals surface area contributed by atoms with E-state index in [4.69, 9.17) is 18.9 Å². The van der Waals surface area contributed by atoms with Gasteiger partial charge in [-0.25, -0.2) is 0 Å². The van der Waals surface area contributed by atoms with Crippen molar-refractivity contribution in [2.24, 2.45) is 20.5 Å². The Morgan fingerprint density at radius 1 is 0.514 bits per heavy atom. The molecule has 0 fully saturated rings. The summed E-state index contributed by atoms with van der Waals surface area (Å²) in [5.41, 5.74) is 1.66. The molecule has 0 spiro atoms. The third-order valence-corrected chi connectivity index (χ3v) is 5.27. The van der Waals surface area contributed by atoms with Crippen molar-refractivity contribution >= 4 is 33.5 Å². The van der Waals surface area contributed by atoms with Gasteiger partial charge in [0, 0.05) is 10.8 Å². The largest absolute Gasteiger partial charge is 0.505 e. The van der Waals surface area contributed by atoms with Crippen LogP contribution in [0.2, 0.25) is 0 Å². The Kier molecular flexibility index (Phi) is 7.06. The van der Waals surface area contributed by atoms with Crippen LogP contribution in [0.5, 0.6) is 28.7 Å². The molecule has 0 aliphatic heterocycles. The topological polar surface area (TPSA) is 107 Å². The smallest absolute Gasteiger partial charge is 0.188 e. The minimum Gasteiger partial charge on any atom is -0.505 e. The summed E-state index contributed by atoms with van der Waals surface area (Å²) in [5.74, 6) is 1.94. The molecule has 0 atom stereocenters. The van der Waals surface area contributed by atoms with E-state index >= 15 is 0 Å². The third kappa shape index (κ3) is 4.70. The number of fused-ring (bicyclic) bond motifs is 1. The number of rotatable bonds is 8. The molecule has 0 heterocycles. The highest BCUT2D eigenvalue weighted by Gasteiger charge is 2.14. The van der Waals surface area contributed by atoms with Crippen molar-refractivity contribution in [3.63, 3.8) is 0 Å². The van der Waals surface area contributed by atoms with Crippen LogP contribution in [0.25, 0.3) is 10.8 Å². The molecule has 4 aromatic carbocycles. The number of methoxy groups -OCH3 is 4. The van der Waals surface area contributed by atoms with E-state index in [1.54, 1.807) is 62.8 Å². The van der Waals surface area contributed by atoms with E-state index < -0.39 is 0 Å². The lowest BCUT2D eigenvalue weighted by molar-refractivity contribution is 0.356. The minimum absolute atomic E-state index is 0.0240. The lowest BCUT2D eigenvalue weighted by atomic mass is 10.1. The van der Waals surface area contributed by atoms with Gasteiger partial charge >= 0.3 is 0 Å². The SMILES string of the molecule is COc1cccc(N=Nc2cc(N=Nc3cccc(OC)c3OC)c3ccccc3c2O)c1OC. The lowest BCUT2D eigenvalue weighted by Gasteiger charge is -2.10. The Hall–Kier alpha value is -4.66. The van der Waals surface area contributed by atoms with E-state index in [0.717, 1.165) is 0 Å². The molecule has 35 heavy (non-hydrogen) atoms. The average molecular weight is 473 g/mol. The van der Waals surface area contributed by atoms with Crippen molar-refractivity contribution in [3.05, 3.63) is 66.7 Å². The molecule has 0 aromatic heterocycles. The van der Waals surface area contributed by atoms with Gasteiger partial charge in [0.1, 0.15) is 17.1 Å². The summed E-state index contributed by atoms with van der Waals surface area (Å²) < 4.78 is 21.5. The number of azo groups is 2. The highest BCUT2D eigenvalue weighted by atomic mass is 16.5. The zero-order chi connectivity index (χ0) is 24.8. The quantitative estimate of drug-likeness (QED) is 0.269.